The second-order valence-corrected chi connectivity index (χ2v) is 6.54. The Kier molecular flexibility index (Phi) is 6.75. The number of carbonyl (C=O) groups is 2. The number of amides is 2. The first-order valence-electron chi connectivity index (χ1n) is 8.66. The average molecular weight is 338 g/mol. The van der Waals surface area contributed by atoms with Crippen molar-refractivity contribution in [2.24, 2.45) is 5.92 Å². The van der Waals surface area contributed by atoms with Crippen LogP contribution in [-0.4, -0.2) is 11.8 Å². The number of aryl methyl sites for hydroxylation is 1. The summed E-state index contributed by atoms with van der Waals surface area (Å²) in [7, 11) is 0. The van der Waals surface area contributed by atoms with Crippen molar-refractivity contribution in [2.45, 2.75) is 40.0 Å². The van der Waals surface area contributed by atoms with E-state index in [1.54, 1.807) is 0 Å². The van der Waals surface area contributed by atoms with Crippen LogP contribution in [0.25, 0.3) is 0 Å². The van der Waals surface area contributed by atoms with Crippen LogP contribution in [0.1, 0.15) is 37.8 Å². The zero-order valence-corrected chi connectivity index (χ0v) is 15.1. The normalized spacial score (nSPS) is 11.6. The second kappa shape index (κ2) is 9.02. The van der Waals surface area contributed by atoms with Crippen molar-refractivity contribution < 1.29 is 9.59 Å². The maximum absolute atomic E-state index is 12.3. The number of anilines is 2. The van der Waals surface area contributed by atoms with Crippen LogP contribution >= 0.6 is 0 Å². The molecule has 2 N–H and O–H groups in total. The standard InChI is InChI=1S/C21H26N2O2/c1-15(12-13-18-8-5-4-6-9-18)14-21(25)23-20-11-7-10-19(16(20)2)22-17(3)24/h4-11,15H,12-14H2,1-3H3,(H,22,24)(H,23,25). The molecule has 0 saturated heterocycles. The van der Waals surface area contributed by atoms with E-state index in [1.807, 2.05) is 43.3 Å². The molecular weight excluding hydrogens is 312 g/mol. The molecule has 0 aromatic heterocycles. The van der Waals surface area contributed by atoms with Gasteiger partial charge in [0, 0.05) is 24.7 Å². The van der Waals surface area contributed by atoms with E-state index in [2.05, 4.69) is 29.7 Å². The third-order valence-electron chi connectivity index (χ3n) is 4.22. The van der Waals surface area contributed by atoms with Crippen molar-refractivity contribution in [3.05, 3.63) is 59.7 Å². The molecular formula is C21H26N2O2. The summed E-state index contributed by atoms with van der Waals surface area (Å²) in [4.78, 5) is 23.6. The van der Waals surface area contributed by atoms with Crippen LogP contribution in [-0.2, 0) is 16.0 Å². The molecule has 2 amide bonds. The Morgan fingerprint density at radius 2 is 1.60 bits per heavy atom. The molecule has 0 heterocycles. The first-order chi connectivity index (χ1) is 12.0. The lowest BCUT2D eigenvalue weighted by molar-refractivity contribution is -0.117. The Morgan fingerprint density at radius 1 is 0.960 bits per heavy atom. The Balaban J connectivity index is 1.88. The molecule has 0 fully saturated rings. The van der Waals surface area contributed by atoms with Crippen molar-refractivity contribution in [1.82, 2.24) is 0 Å². The SMILES string of the molecule is CC(=O)Nc1cccc(NC(=O)CC(C)CCc2ccccc2)c1C. The molecule has 0 aliphatic heterocycles. The molecule has 2 aromatic rings. The average Bonchev–Trinajstić information content (AvgIpc) is 2.57. The molecule has 1 unspecified atom stereocenters. The molecule has 0 bridgehead atoms. The zero-order chi connectivity index (χ0) is 18.2. The van der Waals surface area contributed by atoms with Crippen LogP contribution in [0.2, 0.25) is 0 Å². The molecule has 4 nitrogen and oxygen atoms in total. The highest BCUT2D eigenvalue weighted by Crippen LogP contribution is 2.24. The summed E-state index contributed by atoms with van der Waals surface area (Å²) in [5.74, 6) is 0.184. The summed E-state index contributed by atoms with van der Waals surface area (Å²) in [6, 6.07) is 15.8. The number of rotatable bonds is 7. The Labute approximate surface area is 149 Å². The van der Waals surface area contributed by atoms with E-state index < -0.39 is 0 Å². The quantitative estimate of drug-likeness (QED) is 0.778. The van der Waals surface area contributed by atoms with Crippen LogP contribution in [0.3, 0.4) is 0 Å². The molecule has 0 saturated carbocycles. The van der Waals surface area contributed by atoms with Gasteiger partial charge in [-0.2, -0.15) is 0 Å². The van der Waals surface area contributed by atoms with Crippen molar-refractivity contribution in [3.8, 4) is 0 Å². The highest BCUT2D eigenvalue weighted by Gasteiger charge is 2.12. The highest BCUT2D eigenvalue weighted by atomic mass is 16.2. The Morgan fingerprint density at radius 3 is 2.24 bits per heavy atom. The molecule has 2 rings (SSSR count). The predicted molar refractivity (Wildman–Crippen MR) is 103 cm³/mol. The van der Waals surface area contributed by atoms with E-state index in [0.717, 1.165) is 29.8 Å². The largest absolute Gasteiger partial charge is 0.326 e. The van der Waals surface area contributed by atoms with E-state index >= 15 is 0 Å². The minimum atomic E-state index is -0.124. The molecule has 0 aliphatic carbocycles. The van der Waals surface area contributed by atoms with Gasteiger partial charge in [0.15, 0.2) is 0 Å². The highest BCUT2D eigenvalue weighted by molar-refractivity contribution is 5.95. The molecule has 25 heavy (non-hydrogen) atoms. The summed E-state index contributed by atoms with van der Waals surface area (Å²) in [5.41, 5.74) is 3.63. The Bertz CT molecular complexity index is 726. The zero-order valence-electron chi connectivity index (χ0n) is 15.1. The fraction of sp³-hybridized carbons (Fsp3) is 0.333. The van der Waals surface area contributed by atoms with Gasteiger partial charge in [0.2, 0.25) is 11.8 Å². The summed E-state index contributed by atoms with van der Waals surface area (Å²) >= 11 is 0. The van der Waals surface area contributed by atoms with Crippen LogP contribution in [0.15, 0.2) is 48.5 Å². The van der Waals surface area contributed by atoms with E-state index in [1.165, 1.54) is 12.5 Å². The lowest BCUT2D eigenvalue weighted by Crippen LogP contribution is -2.17. The van der Waals surface area contributed by atoms with Gasteiger partial charge < -0.3 is 10.6 Å². The van der Waals surface area contributed by atoms with Crippen LogP contribution < -0.4 is 10.6 Å². The van der Waals surface area contributed by atoms with Gasteiger partial charge in [0.05, 0.1) is 0 Å². The summed E-state index contributed by atoms with van der Waals surface area (Å²) in [5, 5.41) is 5.74. The van der Waals surface area contributed by atoms with Crippen molar-refractivity contribution in [3.63, 3.8) is 0 Å². The summed E-state index contributed by atoms with van der Waals surface area (Å²) in [6.07, 6.45) is 2.44. The molecule has 4 heteroatoms. The van der Waals surface area contributed by atoms with Crippen LogP contribution in [0.5, 0.6) is 0 Å². The van der Waals surface area contributed by atoms with Gasteiger partial charge in [-0.1, -0.05) is 43.3 Å². The smallest absolute Gasteiger partial charge is 0.224 e. The van der Waals surface area contributed by atoms with Crippen LogP contribution in [0.4, 0.5) is 11.4 Å². The molecule has 0 aliphatic rings. The van der Waals surface area contributed by atoms with Crippen LogP contribution in [0, 0.1) is 12.8 Å². The second-order valence-electron chi connectivity index (χ2n) is 6.54. The van der Waals surface area contributed by atoms with E-state index in [4.69, 9.17) is 0 Å². The minimum absolute atomic E-state index is 0.00337. The molecule has 132 valence electrons. The number of hydrogen-bond donors (Lipinski definition) is 2. The minimum Gasteiger partial charge on any atom is -0.326 e. The molecule has 0 spiro atoms. The van der Waals surface area contributed by atoms with Gasteiger partial charge in [0.25, 0.3) is 0 Å². The topological polar surface area (TPSA) is 58.2 Å². The molecule has 0 radical (unpaired) electrons. The van der Waals surface area contributed by atoms with Gasteiger partial charge in [-0.15, -0.1) is 0 Å². The fourth-order valence-electron chi connectivity index (χ4n) is 2.77. The van der Waals surface area contributed by atoms with Gasteiger partial charge in [-0.3, -0.25) is 9.59 Å². The van der Waals surface area contributed by atoms with E-state index in [9.17, 15) is 9.59 Å². The lowest BCUT2D eigenvalue weighted by Gasteiger charge is -2.15. The van der Waals surface area contributed by atoms with E-state index in [0.29, 0.717) is 12.3 Å². The summed E-state index contributed by atoms with van der Waals surface area (Å²) < 4.78 is 0. The first kappa shape index (κ1) is 18.7. The third kappa shape index (κ3) is 6.07. The lowest BCUT2D eigenvalue weighted by atomic mass is 9.98. The van der Waals surface area contributed by atoms with Gasteiger partial charge >= 0.3 is 0 Å². The Hall–Kier alpha value is -2.62. The fourth-order valence-corrected chi connectivity index (χ4v) is 2.77. The van der Waals surface area contributed by atoms with Gasteiger partial charge in [0.1, 0.15) is 0 Å². The number of hydrogen-bond acceptors (Lipinski definition) is 2. The van der Waals surface area contributed by atoms with E-state index in [-0.39, 0.29) is 11.8 Å². The number of nitrogens with one attached hydrogen (secondary N) is 2. The predicted octanol–water partition coefficient (Wildman–Crippen LogP) is 4.55. The number of benzene rings is 2. The number of carbonyl (C=O) groups excluding carboxylic acids is 2. The maximum Gasteiger partial charge on any atom is 0.224 e. The van der Waals surface area contributed by atoms with Crippen molar-refractivity contribution in [2.75, 3.05) is 10.6 Å². The van der Waals surface area contributed by atoms with Gasteiger partial charge in [-0.05, 0) is 48.9 Å². The summed E-state index contributed by atoms with van der Waals surface area (Å²) in [6.45, 7) is 5.46. The first-order valence-corrected chi connectivity index (χ1v) is 8.66. The molecule has 1 atom stereocenters. The van der Waals surface area contributed by atoms with Crippen molar-refractivity contribution >= 4 is 23.2 Å². The van der Waals surface area contributed by atoms with Gasteiger partial charge in [-0.25, -0.2) is 0 Å². The molecule has 2 aromatic carbocycles. The monoisotopic (exact) mass is 338 g/mol. The third-order valence-corrected chi connectivity index (χ3v) is 4.22. The van der Waals surface area contributed by atoms with Crippen molar-refractivity contribution in [1.29, 1.82) is 0 Å². The maximum atomic E-state index is 12.3.